The maximum atomic E-state index is 10.00. The second-order valence-electron chi connectivity index (χ2n) is 6.10. The zero-order valence-corrected chi connectivity index (χ0v) is 12.7. The molecule has 1 aliphatic heterocycles. The predicted octanol–water partition coefficient (Wildman–Crippen LogP) is 1.60. The summed E-state index contributed by atoms with van der Waals surface area (Å²) in [5.41, 5.74) is 0. The first-order valence-corrected chi connectivity index (χ1v) is 8.15. The van der Waals surface area contributed by atoms with Crippen LogP contribution in [0.4, 0.5) is 0 Å². The molecule has 116 valence electrons. The second-order valence-corrected chi connectivity index (χ2v) is 6.10. The van der Waals surface area contributed by atoms with E-state index in [9.17, 15) is 5.11 Å². The van der Waals surface area contributed by atoms with Gasteiger partial charge in [0.1, 0.15) is 12.4 Å². The van der Waals surface area contributed by atoms with Crippen LogP contribution in [0.3, 0.4) is 0 Å². The Morgan fingerprint density at radius 2 is 1.81 bits per heavy atom. The summed E-state index contributed by atoms with van der Waals surface area (Å²) in [4.78, 5) is 4.94. The minimum absolute atomic E-state index is 0.0991. The number of hydrogen-bond acceptors (Lipinski definition) is 4. The normalized spacial score (nSPS) is 27.9. The van der Waals surface area contributed by atoms with E-state index in [-0.39, 0.29) is 6.10 Å². The van der Waals surface area contributed by atoms with E-state index < -0.39 is 0 Å². The van der Waals surface area contributed by atoms with Gasteiger partial charge in [-0.1, -0.05) is 18.2 Å². The van der Waals surface area contributed by atoms with Crippen molar-refractivity contribution in [3.05, 3.63) is 30.3 Å². The van der Waals surface area contributed by atoms with Gasteiger partial charge in [0.05, 0.1) is 6.10 Å². The van der Waals surface area contributed by atoms with E-state index in [0.717, 1.165) is 57.9 Å². The number of rotatable bonds is 5. The molecule has 1 heterocycles. The number of piperazine rings is 1. The molecule has 1 aromatic carbocycles. The standard InChI is InChI=1S/C17H26N2O2/c20-17-8-4-7-16(17)19-11-9-18(10-12-19)13-14-21-15-5-2-1-3-6-15/h1-3,5-6,16-17,20H,4,7-14H2. The van der Waals surface area contributed by atoms with Crippen molar-refractivity contribution in [2.45, 2.75) is 31.4 Å². The van der Waals surface area contributed by atoms with Crippen LogP contribution in [0.5, 0.6) is 5.75 Å². The monoisotopic (exact) mass is 290 g/mol. The molecule has 0 amide bonds. The molecule has 1 saturated heterocycles. The van der Waals surface area contributed by atoms with Gasteiger partial charge < -0.3 is 9.84 Å². The van der Waals surface area contributed by atoms with Crippen LogP contribution in [0.2, 0.25) is 0 Å². The predicted molar refractivity (Wildman–Crippen MR) is 83.6 cm³/mol. The minimum Gasteiger partial charge on any atom is -0.492 e. The molecule has 0 aromatic heterocycles. The van der Waals surface area contributed by atoms with Crippen LogP contribution < -0.4 is 4.74 Å². The second kappa shape index (κ2) is 7.25. The van der Waals surface area contributed by atoms with Gasteiger partial charge in [-0.15, -0.1) is 0 Å². The molecule has 2 atom stereocenters. The third-order valence-electron chi connectivity index (χ3n) is 4.74. The highest BCUT2D eigenvalue weighted by Gasteiger charge is 2.32. The van der Waals surface area contributed by atoms with E-state index in [1.165, 1.54) is 6.42 Å². The number of aliphatic hydroxyl groups excluding tert-OH is 1. The average molecular weight is 290 g/mol. The zero-order valence-electron chi connectivity index (χ0n) is 12.7. The summed E-state index contributed by atoms with van der Waals surface area (Å²) >= 11 is 0. The smallest absolute Gasteiger partial charge is 0.119 e. The van der Waals surface area contributed by atoms with Gasteiger partial charge in [0.25, 0.3) is 0 Å². The van der Waals surface area contributed by atoms with Gasteiger partial charge in [-0.05, 0) is 31.4 Å². The number of nitrogens with zero attached hydrogens (tertiary/aromatic N) is 2. The van der Waals surface area contributed by atoms with Crippen LogP contribution in [0.15, 0.2) is 30.3 Å². The lowest BCUT2D eigenvalue weighted by Crippen LogP contribution is -2.52. The van der Waals surface area contributed by atoms with Gasteiger partial charge in [-0.25, -0.2) is 0 Å². The van der Waals surface area contributed by atoms with Gasteiger partial charge in [0, 0.05) is 38.8 Å². The molecule has 2 unspecified atom stereocenters. The molecule has 2 fully saturated rings. The van der Waals surface area contributed by atoms with Crippen molar-refractivity contribution in [3.8, 4) is 5.75 Å². The fourth-order valence-corrected chi connectivity index (χ4v) is 3.47. The first-order valence-electron chi connectivity index (χ1n) is 8.15. The third kappa shape index (κ3) is 3.96. The summed E-state index contributed by atoms with van der Waals surface area (Å²) in [6, 6.07) is 10.4. The molecule has 1 saturated carbocycles. The molecule has 0 bridgehead atoms. The van der Waals surface area contributed by atoms with E-state index in [2.05, 4.69) is 9.80 Å². The molecule has 0 radical (unpaired) electrons. The summed E-state index contributed by atoms with van der Waals surface area (Å²) in [5.74, 6) is 0.949. The summed E-state index contributed by atoms with van der Waals surface area (Å²) in [6.07, 6.45) is 3.23. The highest BCUT2D eigenvalue weighted by atomic mass is 16.5. The number of benzene rings is 1. The fraction of sp³-hybridized carbons (Fsp3) is 0.647. The molecular formula is C17H26N2O2. The molecule has 1 N–H and O–H groups in total. The third-order valence-corrected chi connectivity index (χ3v) is 4.74. The number of hydrogen-bond donors (Lipinski definition) is 1. The Balaban J connectivity index is 1.36. The van der Waals surface area contributed by atoms with E-state index in [1.54, 1.807) is 0 Å². The fourth-order valence-electron chi connectivity index (χ4n) is 3.47. The number of ether oxygens (including phenoxy) is 1. The van der Waals surface area contributed by atoms with Crippen LogP contribution in [-0.4, -0.2) is 66.4 Å². The van der Waals surface area contributed by atoms with E-state index >= 15 is 0 Å². The molecule has 1 aromatic rings. The molecular weight excluding hydrogens is 264 g/mol. The van der Waals surface area contributed by atoms with Crippen molar-refractivity contribution < 1.29 is 9.84 Å². The number of aliphatic hydroxyl groups is 1. The zero-order chi connectivity index (χ0) is 14.5. The van der Waals surface area contributed by atoms with Gasteiger partial charge >= 0.3 is 0 Å². The summed E-state index contributed by atoms with van der Waals surface area (Å²) in [6.45, 7) is 6.05. The molecule has 0 spiro atoms. The summed E-state index contributed by atoms with van der Waals surface area (Å²) < 4.78 is 5.76. The lowest BCUT2D eigenvalue weighted by atomic mass is 10.1. The first-order chi connectivity index (χ1) is 10.3. The summed E-state index contributed by atoms with van der Waals surface area (Å²) in [7, 11) is 0. The Morgan fingerprint density at radius 1 is 1.05 bits per heavy atom. The lowest BCUT2D eigenvalue weighted by molar-refractivity contribution is 0.0325. The van der Waals surface area contributed by atoms with Crippen LogP contribution in [0.25, 0.3) is 0 Å². The van der Waals surface area contributed by atoms with Crippen molar-refractivity contribution in [1.29, 1.82) is 0 Å². The van der Waals surface area contributed by atoms with E-state index in [0.29, 0.717) is 6.04 Å². The molecule has 4 heteroatoms. The topological polar surface area (TPSA) is 35.9 Å². The van der Waals surface area contributed by atoms with E-state index in [1.807, 2.05) is 30.3 Å². The van der Waals surface area contributed by atoms with Crippen molar-refractivity contribution in [1.82, 2.24) is 9.80 Å². The van der Waals surface area contributed by atoms with Crippen LogP contribution in [0, 0.1) is 0 Å². The molecule has 21 heavy (non-hydrogen) atoms. The maximum Gasteiger partial charge on any atom is 0.119 e. The Hall–Kier alpha value is -1.10. The first kappa shape index (κ1) is 14.8. The van der Waals surface area contributed by atoms with Crippen LogP contribution in [-0.2, 0) is 0 Å². The SMILES string of the molecule is OC1CCCC1N1CCN(CCOc2ccccc2)CC1. The van der Waals surface area contributed by atoms with Gasteiger partial charge in [0.2, 0.25) is 0 Å². The van der Waals surface area contributed by atoms with Crippen molar-refractivity contribution in [2.75, 3.05) is 39.3 Å². The average Bonchev–Trinajstić information content (AvgIpc) is 2.95. The highest BCUT2D eigenvalue weighted by molar-refractivity contribution is 5.20. The Morgan fingerprint density at radius 3 is 2.48 bits per heavy atom. The van der Waals surface area contributed by atoms with Crippen LogP contribution >= 0.6 is 0 Å². The number of para-hydroxylation sites is 1. The Labute approximate surface area is 127 Å². The molecule has 2 aliphatic rings. The van der Waals surface area contributed by atoms with Gasteiger partial charge in [0.15, 0.2) is 0 Å². The Bertz CT molecular complexity index is 418. The quantitative estimate of drug-likeness (QED) is 0.893. The van der Waals surface area contributed by atoms with Gasteiger partial charge in [-0.3, -0.25) is 9.80 Å². The molecule has 4 nitrogen and oxygen atoms in total. The van der Waals surface area contributed by atoms with Crippen molar-refractivity contribution in [3.63, 3.8) is 0 Å². The lowest BCUT2D eigenvalue weighted by Gasteiger charge is -2.39. The minimum atomic E-state index is -0.0991. The summed E-state index contributed by atoms with van der Waals surface area (Å²) in [5, 5.41) is 10.00. The maximum absolute atomic E-state index is 10.00. The largest absolute Gasteiger partial charge is 0.492 e. The molecule has 1 aliphatic carbocycles. The molecule has 3 rings (SSSR count). The Kier molecular flexibility index (Phi) is 5.12. The van der Waals surface area contributed by atoms with Gasteiger partial charge in [-0.2, -0.15) is 0 Å². The van der Waals surface area contributed by atoms with Crippen molar-refractivity contribution >= 4 is 0 Å². The van der Waals surface area contributed by atoms with Crippen LogP contribution in [0.1, 0.15) is 19.3 Å². The van der Waals surface area contributed by atoms with Crippen molar-refractivity contribution in [2.24, 2.45) is 0 Å². The highest BCUT2D eigenvalue weighted by Crippen LogP contribution is 2.24. The van der Waals surface area contributed by atoms with E-state index in [4.69, 9.17) is 4.74 Å².